The van der Waals surface area contributed by atoms with Gasteiger partial charge in [-0.3, -0.25) is 4.79 Å². The molecule has 0 aromatic heterocycles. The summed E-state index contributed by atoms with van der Waals surface area (Å²) < 4.78 is 0. The van der Waals surface area contributed by atoms with Crippen LogP contribution in [0, 0.1) is 5.92 Å². The van der Waals surface area contributed by atoms with Gasteiger partial charge in [0.25, 0.3) is 5.91 Å². The van der Waals surface area contributed by atoms with Crippen molar-refractivity contribution < 1.29 is 14.7 Å². The van der Waals surface area contributed by atoms with Gasteiger partial charge < -0.3 is 15.2 Å². The molecule has 0 saturated carbocycles. The summed E-state index contributed by atoms with van der Waals surface area (Å²) in [7, 11) is 0. The predicted molar refractivity (Wildman–Crippen MR) is 54.2 cm³/mol. The molecule has 1 heterocycles. The van der Waals surface area contributed by atoms with Crippen molar-refractivity contribution in [2.75, 3.05) is 5.32 Å². The molecule has 4 heteroatoms. The van der Waals surface area contributed by atoms with Crippen molar-refractivity contribution in [3.05, 3.63) is 29.8 Å². The Morgan fingerprint density at radius 2 is 2.13 bits per heavy atom. The third-order valence-electron chi connectivity index (χ3n) is 2.80. The zero-order valence-electron chi connectivity index (χ0n) is 8.23. The van der Waals surface area contributed by atoms with Gasteiger partial charge in [-0.1, -0.05) is 25.1 Å². The largest absolute Gasteiger partial charge is 0.375 e. The lowest BCUT2D eigenvalue weighted by molar-refractivity contribution is -0.142. The van der Waals surface area contributed by atoms with E-state index in [0.717, 1.165) is 0 Å². The van der Waals surface area contributed by atoms with Crippen molar-refractivity contribution in [2.45, 2.75) is 12.5 Å². The first kappa shape index (κ1) is 9.86. The fourth-order valence-electron chi connectivity index (χ4n) is 1.81. The van der Waals surface area contributed by atoms with Gasteiger partial charge >= 0.3 is 0 Å². The summed E-state index contributed by atoms with van der Waals surface area (Å²) in [5.74, 6) is -1.30. The third kappa shape index (κ3) is 1.18. The Morgan fingerprint density at radius 1 is 1.47 bits per heavy atom. The molecule has 0 bridgehead atoms. The topological polar surface area (TPSA) is 66.4 Å². The van der Waals surface area contributed by atoms with Crippen LogP contribution in [-0.4, -0.2) is 17.3 Å². The van der Waals surface area contributed by atoms with Crippen molar-refractivity contribution in [1.82, 2.24) is 0 Å². The maximum absolute atomic E-state index is 11.6. The molecule has 2 rings (SSSR count). The Morgan fingerprint density at radius 3 is 2.80 bits per heavy atom. The second-order valence-electron chi connectivity index (χ2n) is 3.69. The van der Waals surface area contributed by atoms with Crippen LogP contribution < -0.4 is 5.32 Å². The standard InChI is InChI=1S/C11H11NO3/c1-7(6-13)11(15)8-4-2-3-5-9(8)12-10(11)14/h2-7,15H,1H3,(H,12,14)/t7?,11-/m1/s1. The Bertz CT molecular complexity index is 430. The number of rotatable bonds is 2. The molecule has 0 saturated heterocycles. The number of carbonyl (C=O) groups is 2. The monoisotopic (exact) mass is 205 g/mol. The first-order valence-corrected chi connectivity index (χ1v) is 4.69. The molecule has 4 nitrogen and oxygen atoms in total. The number of benzene rings is 1. The molecule has 1 unspecified atom stereocenters. The molecule has 1 amide bonds. The number of aliphatic hydroxyl groups is 1. The van der Waals surface area contributed by atoms with Gasteiger partial charge in [-0.2, -0.15) is 0 Å². The maximum atomic E-state index is 11.6. The highest BCUT2D eigenvalue weighted by Crippen LogP contribution is 2.39. The molecule has 15 heavy (non-hydrogen) atoms. The van der Waals surface area contributed by atoms with Crippen molar-refractivity contribution in [3.63, 3.8) is 0 Å². The number of nitrogens with one attached hydrogen (secondary N) is 1. The highest BCUT2D eigenvalue weighted by Gasteiger charge is 2.49. The molecule has 0 fully saturated rings. The lowest BCUT2D eigenvalue weighted by Crippen LogP contribution is -2.41. The molecule has 1 aliphatic heterocycles. The quantitative estimate of drug-likeness (QED) is 0.697. The van der Waals surface area contributed by atoms with Crippen molar-refractivity contribution in [3.8, 4) is 0 Å². The average molecular weight is 205 g/mol. The van der Waals surface area contributed by atoms with Gasteiger partial charge in [0, 0.05) is 11.3 Å². The molecule has 2 atom stereocenters. The average Bonchev–Trinajstić information content (AvgIpc) is 2.52. The molecule has 1 aliphatic rings. The van der Waals surface area contributed by atoms with Gasteiger partial charge in [0.1, 0.15) is 6.29 Å². The van der Waals surface area contributed by atoms with Crippen LogP contribution in [0.15, 0.2) is 24.3 Å². The lowest BCUT2D eigenvalue weighted by atomic mass is 9.84. The SMILES string of the molecule is CC(C=O)[C@]1(O)C(=O)Nc2ccccc21. The van der Waals surface area contributed by atoms with Gasteiger partial charge in [0.05, 0.1) is 5.92 Å². The lowest BCUT2D eigenvalue weighted by Gasteiger charge is -2.23. The van der Waals surface area contributed by atoms with Crippen molar-refractivity contribution in [2.24, 2.45) is 5.92 Å². The van der Waals surface area contributed by atoms with Gasteiger partial charge in [-0.15, -0.1) is 0 Å². The first-order valence-electron chi connectivity index (χ1n) is 4.69. The summed E-state index contributed by atoms with van der Waals surface area (Å²) in [5.41, 5.74) is -0.688. The molecule has 1 aromatic carbocycles. The normalized spacial score (nSPS) is 25.6. The minimum Gasteiger partial charge on any atom is -0.375 e. The second kappa shape index (κ2) is 3.17. The Hall–Kier alpha value is -1.68. The number of aldehydes is 1. The van der Waals surface area contributed by atoms with E-state index in [4.69, 9.17) is 0 Å². The first-order chi connectivity index (χ1) is 7.10. The second-order valence-corrected chi connectivity index (χ2v) is 3.69. The third-order valence-corrected chi connectivity index (χ3v) is 2.80. The van der Waals surface area contributed by atoms with Crippen LogP contribution >= 0.6 is 0 Å². The van der Waals surface area contributed by atoms with E-state index in [0.29, 0.717) is 17.5 Å². The summed E-state index contributed by atoms with van der Waals surface area (Å²) in [6.45, 7) is 1.52. The Balaban J connectivity index is 2.58. The fourth-order valence-corrected chi connectivity index (χ4v) is 1.81. The number of amides is 1. The Labute approximate surface area is 86.9 Å². The summed E-state index contributed by atoms with van der Waals surface area (Å²) in [6.07, 6.45) is 0.585. The van der Waals surface area contributed by atoms with E-state index < -0.39 is 17.4 Å². The van der Waals surface area contributed by atoms with E-state index in [-0.39, 0.29) is 0 Å². The van der Waals surface area contributed by atoms with Gasteiger partial charge in [-0.25, -0.2) is 0 Å². The minimum absolute atomic E-state index is 0.467. The van der Waals surface area contributed by atoms with E-state index in [2.05, 4.69) is 5.32 Å². The van der Waals surface area contributed by atoms with E-state index in [1.807, 2.05) is 0 Å². The minimum atomic E-state index is -1.72. The number of anilines is 1. The summed E-state index contributed by atoms with van der Waals surface area (Å²) in [5, 5.41) is 12.8. The Kier molecular flexibility index (Phi) is 2.08. The summed E-state index contributed by atoms with van der Waals surface area (Å²) in [6, 6.07) is 6.83. The van der Waals surface area contributed by atoms with E-state index in [1.54, 1.807) is 24.3 Å². The fraction of sp³-hybridized carbons (Fsp3) is 0.273. The smallest absolute Gasteiger partial charge is 0.261 e. The number of hydrogen-bond donors (Lipinski definition) is 2. The number of para-hydroxylation sites is 1. The van der Waals surface area contributed by atoms with Gasteiger partial charge in [0.2, 0.25) is 0 Å². The van der Waals surface area contributed by atoms with E-state index in [1.165, 1.54) is 6.92 Å². The maximum Gasteiger partial charge on any atom is 0.261 e. The summed E-state index contributed by atoms with van der Waals surface area (Å²) >= 11 is 0. The summed E-state index contributed by atoms with van der Waals surface area (Å²) in [4.78, 5) is 22.3. The molecular weight excluding hydrogens is 194 g/mol. The highest BCUT2D eigenvalue weighted by atomic mass is 16.3. The van der Waals surface area contributed by atoms with Crippen LogP contribution in [0.1, 0.15) is 12.5 Å². The van der Waals surface area contributed by atoms with Gasteiger partial charge in [0.15, 0.2) is 5.60 Å². The number of hydrogen-bond acceptors (Lipinski definition) is 3. The predicted octanol–water partition coefficient (Wildman–Crippen LogP) is 0.661. The van der Waals surface area contributed by atoms with Gasteiger partial charge in [-0.05, 0) is 6.07 Å². The molecule has 1 aromatic rings. The van der Waals surface area contributed by atoms with Crippen LogP contribution in [0.25, 0.3) is 0 Å². The van der Waals surface area contributed by atoms with E-state index in [9.17, 15) is 14.7 Å². The van der Waals surface area contributed by atoms with E-state index >= 15 is 0 Å². The number of carbonyl (C=O) groups excluding carboxylic acids is 2. The molecule has 78 valence electrons. The highest BCUT2D eigenvalue weighted by molar-refractivity contribution is 6.06. The molecule has 0 spiro atoms. The molecule has 2 N–H and O–H groups in total. The zero-order chi connectivity index (χ0) is 11.1. The van der Waals surface area contributed by atoms with Crippen molar-refractivity contribution in [1.29, 1.82) is 0 Å². The zero-order valence-corrected chi connectivity index (χ0v) is 8.23. The van der Waals surface area contributed by atoms with Crippen molar-refractivity contribution >= 4 is 17.9 Å². The molecular formula is C11H11NO3. The molecule has 0 radical (unpaired) electrons. The van der Waals surface area contributed by atoms with Crippen LogP contribution in [-0.2, 0) is 15.2 Å². The van der Waals surface area contributed by atoms with Crippen LogP contribution in [0.3, 0.4) is 0 Å². The van der Waals surface area contributed by atoms with Crippen LogP contribution in [0.2, 0.25) is 0 Å². The van der Waals surface area contributed by atoms with Crippen LogP contribution in [0.4, 0.5) is 5.69 Å². The molecule has 0 aliphatic carbocycles. The number of fused-ring (bicyclic) bond motifs is 1. The van der Waals surface area contributed by atoms with Crippen LogP contribution in [0.5, 0.6) is 0 Å².